The summed E-state index contributed by atoms with van der Waals surface area (Å²) in [6.07, 6.45) is 12.4. The number of fused-ring (bicyclic) bond motifs is 4. The number of pyridine rings is 2. The Kier molecular flexibility index (Phi) is 24.9. The Labute approximate surface area is 700 Å². The number of hydrogen-bond donors (Lipinski definition) is 14. The molecule has 3 fully saturated rings. The fourth-order valence-corrected chi connectivity index (χ4v) is 14.2. The summed E-state index contributed by atoms with van der Waals surface area (Å²) in [5.41, 5.74) is 11.5. The zero-order chi connectivity index (χ0) is 84.2. The summed E-state index contributed by atoms with van der Waals surface area (Å²) in [4.78, 5) is 106. The van der Waals surface area contributed by atoms with Gasteiger partial charge in [-0.05, 0) is 104 Å². The van der Waals surface area contributed by atoms with Gasteiger partial charge in [0, 0.05) is 69.4 Å². The molecule has 0 unspecified atom stereocenters. The zero-order valence-corrected chi connectivity index (χ0v) is 66.8. The van der Waals surface area contributed by atoms with Crippen LogP contribution < -0.4 is 41.6 Å². The van der Waals surface area contributed by atoms with Gasteiger partial charge < -0.3 is 74.9 Å². The van der Waals surface area contributed by atoms with E-state index in [1.807, 2.05) is 48.5 Å². The van der Waals surface area contributed by atoms with Gasteiger partial charge in [-0.2, -0.15) is 20.4 Å². The van der Waals surface area contributed by atoms with E-state index in [0.29, 0.717) is 102 Å². The summed E-state index contributed by atoms with van der Waals surface area (Å²) in [5, 5.41) is 41.5. The Morgan fingerprint density at radius 2 is 0.959 bits per heavy atom. The molecule has 624 valence electrons. The van der Waals surface area contributed by atoms with Crippen LogP contribution >= 0.6 is 23.2 Å². The van der Waals surface area contributed by atoms with E-state index in [9.17, 15) is 32.8 Å². The first kappa shape index (κ1) is 81.5. The van der Waals surface area contributed by atoms with Gasteiger partial charge in [0.15, 0.2) is 40.6 Å². The number of para-hydroxylation sites is 1. The minimum Gasteiger partial charge on any atom is -0.493 e. The number of benzene rings is 5. The summed E-state index contributed by atoms with van der Waals surface area (Å²) < 4.78 is 54.8. The number of hydrogen-bond acceptors (Lipinski definition) is 22. The number of furan rings is 1. The molecule has 3 saturated heterocycles. The van der Waals surface area contributed by atoms with Crippen LogP contribution in [-0.4, -0.2) is 209 Å². The van der Waals surface area contributed by atoms with Crippen LogP contribution in [0.5, 0.6) is 11.5 Å². The Hall–Kier alpha value is -14.3. The molecule has 5 aromatic carbocycles. The van der Waals surface area contributed by atoms with Crippen LogP contribution in [0.4, 0.5) is 42.0 Å². The summed E-state index contributed by atoms with van der Waals surface area (Å²) in [6, 6.07) is 34.5. The third-order valence-corrected chi connectivity index (χ3v) is 20.4. The maximum Gasteiger partial charge on any atom is 0.323 e. The van der Waals surface area contributed by atoms with Gasteiger partial charge >= 0.3 is 6.03 Å². The molecule has 122 heavy (non-hydrogen) atoms. The number of morpholine rings is 2. The lowest BCUT2D eigenvalue weighted by Gasteiger charge is -2.26. The highest BCUT2D eigenvalue weighted by Crippen LogP contribution is 2.36. The van der Waals surface area contributed by atoms with Gasteiger partial charge in [-0.25, -0.2) is 38.5 Å². The molecule has 36 nitrogen and oxygen atoms in total. The van der Waals surface area contributed by atoms with Gasteiger partial charge in [-0.1, -0.05) is 66.0 Å². The lowest BCUT2D eigenvalue weighted by atomic mass is 10.1. The van der Waals surface area contributed by atoms with Crippen LogP contribution in [0.2, 0.25) is 10.2 Å². The molecule has 3 aliphatic heterocycles. The number of nitrogens with zero attached hydrogens (tertiary/aromatic N) is 12. The number of piperidine rings is 1. The van der Waals surface area contributed by atoms with Crippen molar-refractivity contribution in [2.24, 2.45) is 0 Å². The number of nitrogens with one attached hydrogen (secondary N) is 14. The number of rotatable bonds is 20. The van der Waals surface area contributed by atoms with Crippen molar-refractivity contribution in [1.29, 1.82) is 0 Å². The number of urea groups is 1. The molecule has 16 aromatic rings. The molecule has 5 amide bonds. The number of H-pyrrole nitrogens is 9. The number of likely N-dealkylation sites (tertiary alicyclic amines) is 1. The average Bonchev–Trinajstić information content (AvgIpc) is 1.64. The van der Waals surface area contributed by atoms with E-state index in [2.05, 4.69) is 151 Å². The van der Waals surface area contributed by atoms with Crippen LogP contribution in [0.25, 0.3) is 90.2 Å². The Morgan fingerprint density at radius 3 is 1.51 bits per heavy atom. The number of amides is 5. The van der Waals surface area contributed by atoms with Gasteiger partial charge in [-0.15, -0.1) is 0 Å². The van der Waals surface area contributed by atoms with Crippen molar-refractivity contribution in [2.75, 3.05) is 106 Å². The minimum atomic E-state index is -0.961. The number of imidazole rings is 4. The van der Waals surface area contributed by atoms with E-state index in [4.69, 9.17) is 51.6 Å². The van der Waals surface area contributed by atoms with Crippen molar-refractivity contribution in [3.05, 3.63) is 224 Å². The van der Waals surface area contributed by atoms with Crippen molar-refractivity contribution in [2.45, 2.75) is 38.9 Å². The Bertz CT molecular complexity index is 6410. The number of ether oxygens (including phenoxy) is 4. The molecule has 40 heteroatoms. The normalized spacial score (nSPS) is 13.8. The molecule has 0 atom stereocenters. The highest BCUT2D eigenvalue weighted by Gasteiger charge is 2.26. The molecule has 14 N–H and O–H groups in total. The van der Waals surface area contributed by atoms with Crippen molar-refractivity contribution < 1.29 is 51.3 Å². The van der Waals surface area contributed by atoms with Gasteiger partial charge in [-0.3, -0.25) is 54.3 Å². The lowest BCUT2D eigenvalue weighted by molar-refractivity contribution is 0.0341. The van der Waals surface area contributed by atoms with Crippen LogP contribution in [0.1, 0.15) is 67.4 Å². The average molecular weight is 1700 g/mol. The molecule has 19 rings (SSSR count). The van der Waals surface area contributed by atoms with Crippen LogP contribution in [0.15, 0.2) is 168 Å². The van der Waals surface area contributed by atoms with E-state index >= 15 is 0 Å². The first-order valence-electron chi connectivity index (χ1n) is 38.5. The van der Waals surface area contributed by atoms with E-state index in [-0.39, 0.29) is 39.1 Å². The number of methoxy groups -OCH3 is 2. The van der Waals surface area contributed by atoms with Crippen molar-refractivity contribution >= 4 is 120 Å². The fraction of sp³-hybridized carbons (Fsp3) is 0.220. The molecule has 0 spiro atoms. The molecule has 14 heterocycles. The Balaban J connectivity index is 0.000000121. The third kappa shape index (κ3) is 19.4. The summed E-state index contributed by atoms with van der Waals surface area (Å²) in [7, 11) is 3.08. The van der Waals surface area contributed by atoms with E-state index in [0.717, 1.165) is 125 Å². The summed E-state index contributed by atoms with van der Waals surface area (Å²) in [5.74, 6) is 0.392. The second-order valence-corrected chi connectivity index (χ2v) is 29.1. The van der Waals surface area contributed by atoms with E-state index in [1.54, 1.807) is 43.8 Å². The second kappa shape index (κ2) is 37.3. The van der Waals surface area contributed by atoms with Crippen molar-refractivity contribution in [1.82, 2.24) is 105 Å². The second-order valence-electron chi connectivity index (χ2n) is 28.3. The van der Waals surface area contributed by atoms with Gasteiger partial charge in [0.05, 0.1) is 150 Å². The molecule has 11 aromatic heterocycles. The maximum atomic E-state index is 13.8. The standard InChI is InChI=1S/C26H31N7O3.C22H23N7O2.C18H15ClN6O4.C16H9ClF2N6O/c34-26(23-7-5-19(36-23)17-32-8-2-1-3-9-32)30-22-15-27-31-24(22)25-28-20-6-4-18(14-21(20)29-25)16-33-10-12-35-13-11-33;30-22(24-16-4-2-1-3-5-16)27-19-13-23-28-20(19)21-25-17-7-6-15(12-18(17)26-21)14-29-8-10-31-11-9-29;1-28-13-4-10-11(5-14(13)29-2)23-16(22-10)15-12(7-21-25-15)24-18(27)9-3-8(19)6-20-17(9)26;17-12-4-9-10(5-20-12)23-15(22-9)14-11(6-21-25-14)24-16(26)13-7(18)2-1-3-8(13)19/h4-7,14-15H,1-3,8-13,16-17H2,(H,27,31)(H,28,29)(H,30,34);1-7,12-13H,8-11,14H2,(H,23,28)(H,25,26)(H2,24,27,30);3-7H,1-2H3,(H,20,26)(H,21,25)(H,22,23)(H,24,27);1-6H,(H,21,25)(H,22,23)(H,24,26). The van der Waals surface area contributed by atoms with Crippen LogP contribution in [-0.2, 0) is 29.1 Å². The Morgan fingerprint density at radius 1 is 0.475 bits per heavy atom. The van der Waals surface area contributed by atoms with Gasteiger partial charge in [0.1, 0.15) is 56.5 Å². The van der Waals surface area contributed by atoms with E-state index < -0.39 is 34.6 Å². The maximum absolute atomic E-state index is 13.8. The quantitative estimate of drug-likeness (QED) is 0.0315. The predicted molar refractivity (Wildman–Crippen MR) is 452 cm³/mol. The molecule has 0 radical (unpaired) electrons. The SMILES string of the molecule is COc1cc2nc(-c3[nH]ncc3NC(=O)c3cc(Cl)c[nH]c3=O)[nH]c2cc1OC.O=C(Nc1ccccc1)Nc1cn[nH]c1-c1nc2ccc(CN3CCOCC3)cc2[nH]1.O=C(Nc1cn[nH]c1-c1nc2cc(Cl)ncc2[nH]1)c1c(F)cccc1F.O=C(Nc1cn[nH]c1-c1nc2ccc(CN3CCOCC3)cc2[nH]1)c1ccc(CN2CCCCC2)o1. The fourth-order valence-electron chi connectivity index (χ4n) is 13.9. The number of anilines is 5. The smallest absolute Gasteiger partial charge is 0.323 e. The molecule has 0 aliphatic carbocycles. The van der Waals surface area contributed by atoms with Crippen LogP contribution in [0.3, 0.4) is 0 Å². The molecular weight excluding hydrogens is 1620 g/mol. The van der Waals surface area contributed by atoms with E-state index in [1.165, 1.54) is 74.4 Å². The zero-order valence-electron chi connectivity index (χ0n) is 65.3. The van der Waals surface area contributed by atoms with Gasteiger partial charge in [0.25, 0.3) is 23.3 Å². The number of halogens is 4. The van der Waals surface area contributed by atoms with Crippen molar-refractivity contribution in [3.8, 4) is 57.6 Å². The number of carbonyl (C=O) groups excluding carboxylic acids is 4. The minimum absolute atomic E-state index is 0.122. The number of aromatic amines is 9. The van der Waals surface area contributed by atoms with Crippen LogP contribution in [0, 0.1) is 11.6 Å². The lowest BCUT2D eigenvalue weighted by Crippen LogP contribution is -2.35. The summed E-state index contributed by atoms with van der Waals surface area (Å²) >= 11 is 11.7. The number of aromatic nitrogens is 18. The monoisotopic (exact) mass is 1690 g/mol. The first-order chi connectivity index (χ1) is 59.5. The first-order valence-corrected chi connectivity index (χ1v) is 39.3. The number of carbonyl (C=O) groups is 4. The van der Waals surface area contributed by atoms with Crippen molar-refractivity contribution in [3.63, 3.8) is 0 Å². The molecule has 3 aliphatic rings. The highest BCUT2D eigenvalue weighted by molar-refractivity contribution is 6.31. The third-order valence-electron chi connectivity index (χ3n) is 20.0. The topological polar surface area (TPSA) is 463 Å². The highest BCUT2D eigenvalue weighted by atomic mass is 35.5. The largest absolute Gasteiger partial charge is 0.493 e. The predicted octanol–water partition coefficient (Wildman–Crippen LogP) is 13.1. The summed E-state index contributed by atoms with van der Waals surface area (Å²) in [6.45, 7) is 11.5. The molecule has 0 bridgehead atoms. The molecular formula is C82H78Cl2F2N26O10. The molecule has 0 saturated carbocycles. The van der Waals surface area contributed by atoms with Gasteiger partial charge in [0.2, 0.25) is 0 Å².